The van der Waals surface area contributed by atoms with E-state index in [2.05, 4.69) is 12.2 Å². The Labute approximate surface area is 115 Å². The molecule has 0 aromatic heterocycles. The predicted octanol–water partition coefficient (Wildman–Crippen LogP) is 3.86. The molecule has 0 bridgehead atoms. The Morgan fingerprint density at radius 2 is 2.11 bits per heavy atom. The van der Waals surface area contributed by atoms with Crippen LogP contribution in [0.3, 0.4) is 0 Å². The van der Waals surface area contributed by atoms with Crippen LogP contribution in [-0.4, -0.2) is 18.9 Å². The molecule has 0 unspecified atom stereocenters. The molecule has 0 aliphatic heterocycles. The topological polar surface area (TPSA) is 29.1 Å². The van der Waals surface area contributed by atoms with Gasteiger partial charge in [-0.3, -0.25) is 4.79 Å². The van der Waals surface area contributed by atoms with E-state index in [9.17, 15) is 4.79 Å². The summed E-state index contributed by atoms with van der Waals surface area (Å²) >= 11 is 5.96. The Morgan fingerprint density at radius 1 is 1.39 bits per heavy atom. The van der Waals surface area contributed by atoms with Crippen LogP contribution in [0.1, 0.15) is 42.6 Å². The van der Waals surface area contributed by atoms with Crippen molar-refractivity contribution in [3.63, 3.8) is 0 Å². The van der Waals surface area contributed by atoms with Crippen LogP contribution in [0.15, 0.2) is 18.2 Å². The lowest BCUT2D eigenvalue weighted by Crippen LogP contribution is -2.21. The number of carbonyl (C=O) groups is 1. The highest BCUT2D eigenvalue weighted by atomic mass is 35.5. The van der Waals surface area contributed by atoms with Gasteiger partial charge in [0.2, 0.25) is 0 Å². The first-order valence-corrected chi connectivity index (χ1v) is 6.95. The highest BCUT2D eigenvalue weighted by Gasteiger charge is 2.15. The molecule has 1 aromatic rings. The summed E-state index contributed by atoms with van der Waals surface area (Å²) in [4.78, 5) is 12.2. The van der Waals surface area contributed by atoms with Gasteiger partial charge in [-0.05, 0) is 56.6 Å². The van der Waals surface area contributed by atoms with Gasteiger partial charge >= 0.3 is 0 Å². The summed E-state index contributed by atoms with van der Waals surface area (Å²) in [7, 11) is 0. The second-order valence-electron chi connectivity index (χ2n) is 4.77. The van der Waals surface area contributed by atoms with E-state index < -0.39 is 0 Å². The molecule has 2 nitrogen and oxygen atoms in total. The highest BCUT2D eigenvalue weighted by Crippen LogP contribution is 2.19. The molecular weight excluding hydrogens is 246 g/mol. The molecule has 1 atom stereocenters. The summed E-state index contributed by atoms with van der Waals surface area (Å²) in [5, 5.41) is 4.03. The number of aryl methyl sites for hydroxylation is 1. The van der Waals surface area contributed by atoms with Crippen molar-refractivity contribution in [2.45, 2.75) is 33.6 Å². The van der Waals surface area contributed by atoms with Crippen LogP contribution < -0.4 is 5.32 Å². The minimum Gasteiger partial charge on any atom is -0.317 e. The van der Waals surface area contributed by atoms with Crippen molar-refractivity contribution >= 4 is 17.4 Å². The van der Waals surface area contributed by atoms with Crippen LogP contribution in [-0.2, 0) is 0 Å². The Kier molecular flexibility index (Phi) is 6.37. The zero-order valence-corrected chi connectivity index (χ0v) is 12.2. The number of rotatable bonds is 7. The third-order valence-electron chi connectivity index (χ3n) is 3.07. The molecule has 1 rings (SSSR count). The fourth-order valence-corrected chi connectivity index (χ4v) is 1.95. The van der Waals surface area contributed by atoms with E-state index in [1.165, 1.54) is 0 Å². The van der Waals surface area contributed by atoms with Crippen LogP contribution in [0.4, 0.5) is 0 Å². The maximum absolute atomic E-state index is 12.2. The van der Waals surface area contributed by atoms with Crippen molar-refractivity contribution in [2.24, 2.45) is 5.92 Å². The largest absolute Gasteiger partial charge is 0.317 e. The number of carbonyl (C=O) groups excluding carboxylic acids is 1. The number of halogens is 1. The smallest absolute Gasteiger partial charge is 0.165 e. The summed E-state index contributed by atoms with van der Waals surface area (Å²) in [5.41, 5.74) is 1.72. The molecule has 0 amide bonds. The van der Waals surface area contributed by atoms with Crippen molar-refractivity contribution in [3.05, 3.63) is 34.3 Å². The first kappa shape index (κ1) is 15.2. The lowest BCUT2D eigenvalue weighted by atomic mass is 9.95. The number of hydrogen-bond acceptors (Lipinski definition) is 2. The van der Waals surface area contributed by atoms with E-state index in [1.807, 2.05) is 26.0 Å². The summed E-state index contributed by atoms with van der Waals surface area (Å²) in [5.74, 6) is 0.253. The fourth-order valence-electron chi connectivity index (χ4n) is 1.83. The minimum atomic E-state index is 0.0509. The third kappa shape index (κ3) is 4.43. The SMILES string of the molecule is CCCNCC[C@H](C)C(=O)c1ccc(Cl)c(C)c1. The van der Waals surface area contributed by atoms with Crippen LogP contribution in [0, 0.1) is 12.8 Å². The van der Waals surface area contributed by atoms with E-state index in [0.29, 0.717) is 5.02 Å². The van der Waals surface area contributed by atoms with E-state index >= 15 is 0 Å². The summed E-state index contributed by atoms with van der Waals surface area (Å²) < 4.78 is 0. The van der Waals surface area contributed by atoms with Gasteiger partial charge in [0.05, 0.1) is 0 Å². The summed E-state index contributed by atoms with van der Waals surface area (Å²) in [6, 6.07) is 5.49. The van der Waals surface area contributed by atoms with Crippen LogP contribution in [0.2, 0.25) is 5.02 Å². The van der Waals surface area contributed by atoms with E-state index in [0.717, 1.165) is 37.1 Å². The molecule has 0 saturated carbocycles. The maximum Gasteiger partial charge on any atom is 0.165 e. The number of benzene rings is 1. The molecular formula is C15H22ClNO. The lowest BCUT2D eigenvalue weighted by Gasteiger charge is -2.11. The Morgan fingerprint density at radius 3 is 2.72 bits per heavy atom. The van der Waals surface area contributed by atoms with Gasteiger partial charge in [0.25, 0.3) is 0 Å². The zero-order chi connectivity index (χ0) is 13.5. The molecule has 100 valence electrons. The van der Waals surface area contributed by atoms with Crippen LogP contribution >= 0.6 is 11.6 Å². The second-order valence-corrected chi connectivity index (χ2v) is 5.18. The number of hydrogen-bond donors (Lipinski definition) is 1. The second kappa shape index (κ2) is 7.55. The number of ketones is 1. The summed E-state index contributed by atoms with van der Waals surface area (Å²) in [6.45, 7) is 7.96. The van der Waals surface area contributed by atoms with Gasteiger partial charge in [-0.25, -0.2) is 0 Å². The van der Waals surface area contributed by atoms with Crippen molar-refractivity contribution in [2.75, 3.05) is 13.1 Å². The first-order chi connectivity index (χ1) is 8.56. The maximum atomic E-state index is 12.2. The molecule has 0 spiro atoms. The summed E-state index contributed by atoms with van der Waals surface area (Å²) in [6.07, 6.45) is 2.00. The number of nitrogens with one attached hydrogen (secondary N) is 1. The van der Waals surface area contributed by atoms with Crippen molar-refractivity contribution < 1.29 is 4.79 Å². The van der Waals surface area contributed by atoms with Crippen LogP contribution in [0.5, 0.6) is 0 Å². The molecule has 0 saturated heterocycles. The van der Waals surface area contributed by atoms with E-state index in [-0.39, 0.29) is 11.7 Å². The molecule has 0 fully saturated rings. The fraction of sp³-hybridized carbons (Fsp3) is 0.533. The standard InChI is InChI=1S/C15H22ClNO/c1-4-8-17-9-7-11(2)15(18)13-5-6-14(16)12(3)10-13/h5-6,10-11,17H,4,7-9H2,1-3H3/t11-/m0/s1. The van der Waals surface area contributed by atoms with Crippen LogP contribution in [0.25, 0.3) is 0 Å². The predicted molar refractivity (Wildman–Crippen MR) is 77.5 cm³/mol. The quantitative estimate of drug-likeness (QED) is 0.600. The Bertz CT molecular complexity index is 403. The average molecular weight is 268 g/mol. The van der Waals surface area contributed by atoms with Gasteiger partial charge in [0, 0.05) is 16.5 Å². The Balaban J connectivity index is 2.54. The van der Waals surface area contributed by atoms with E-state index in [1.54, 1.807) is 6.07 Å². The minimum absolute atomic E-state index is 0.0509. The van der Waals surface area contributed by atoms with Crippen molar-refractivity contribution in [3.8, 4) is 0 Å². The lowest BCUT2D eigenvalue weighted by molar-refractivity contribution is 0.0924. The molecule has 1 N–H and O–H groups in total. The van der Waals surface area contributed by atoms with Gasteiger partial charge in [0.1, 0.15) is 0 Å². The molecule has 0 aliphatic carbocycles. The van der Waals surface area contributed by atoms with Gasteiger partial charge in [0.15, 0.2) is 5.78 Å². The third-order valence-corrected chi connectivity index (χ3v) is 3.50. The molecule has 18 heavy (non-hydrogen) atoms. The number of Topliss-reactive ketones (excluding diaryl/α,β-unsaturated/α-hetero) is 1. The molecule has 0 aliphatic rings. The molecule has 3 heteroatoms. The zero-order valence-electron chi connectivity index (χ0n) is 11.4. The highest BCUT2D eigenvalue weighted by molar-refractivity contribution is 6.31. The van der Waals surface area contributed by atoms with Crippen molar-refractivity contribution in [1.82, 2.24) is 5.32 Å². The molecule has 0 radical (unpaired) electrons. The first-order valence-electron chi connectivity index (χ1n) is 6.57. The van der Waals surface area contributed by atoms with Crippen molar-refractivity contribution in [1.29, 1.82) is 0 Å². The average Bonchev–Trinajstić information content (AvgIpc) is 2.37. The van der Waals surface area contributed by atoms with E-state index in [4.69, 9.17) is 11.6 Å². The Hall–Kier alpha value is -0.860. The molecule has 1 aromatic carbocycles. The van der Waals surface area contributed by atoms with Gasteiger partial charge in [-0.2, -0.15) is 0 Å². The van der Waals surface area contributed by atoms with Gasteiger partial charge < -0.3 is 5.32 Å². The van der Waals surface area contributed by atoms with Gasteiger partial charge in [-0.15, -0.1) is 0 Å². The molecule has 0 heterocycles. The monoisotopic (exact) mass is 267 g/mol. The normalized spacial score (nSPS) is 12.4. The van der Waals surface area contributed by atoms with Gasteiger partial charge in [-0.1, -0.05) is 25.4 Å².